The number of thiazole rings is 1. The van der Waals surface area contributed by atoms with Crippen LogP contribution in [-0.4, -0.2) is 40.5 Å². The standard InChI is InChI=1S/C18H23N3O2S2/c1-13(2)10-21(11-16(22)20-18-19-9-14(3)25-18)17(23)12-24-15-7-5-4-6-8-15/h4-9,13H,10-12H2,1-3H3,(H,19,20,22). The van der Waals surface area contributed by atoms with E-state index in [0.717, 1.165) is 9.77 Å². The lowest BCUT2D eigenvalue weighted by Crippen LogP contribution is -2.41. The number of carbonyl (C=O) groups is 2. The molecule has 25 heavy (non-hydrogen) atoms. The van der Waals surface area contributed by atoms with Gasteiger partial charge in [-0.25, -0.2) is 4.98 Å². The molecule has 1 heterocycles. The molecule has 1 N–H and O–H groups in total. The van der Waals surface area contributed by atoms with E-state index in [4.69, 9.17) is 0 Å². The SMILES string of the molecule is Cc1cnc(NC(=O)CN(CC(C)C)C(=O)CSc2ccccc2)s1. The van der Waals surface area contributed by atoms with Gasteiger partial charge >= 0.3 is 0 Å². The molecule has 2 rings (SSSR count). The van der Waals surface area contributed by atoms with Crippen LogP contribution in [0.1, 0.15) is 18.7 Å². The molecule has 0 atom stereocenters. The lowest BCUT2D eigenvalue weighted by molar-refractivity contribution is -0.132. The van der Waals surface area contributed by atoms with E-state index in [1.807, 2.05) is 51.1 Å². The van der Waals surface area contributed by atoms with Crippen molar-refractivity contribution >= 4 is 40.0 Å². The molecule has 1 aromatic carbocycles. The summed E-state index contributed by atoms with van der Waals surface area (Å²) < 4.78 is 0. The summed E-state index contributed by atoms with van der Waals surface area (Å²) in [5, 5.41) is 3.33. The van der Waals surface area contributed by atoms with Crippen molar-refractivity contribution in [1.29, 1.82) is 0 Å². The molecule has 0 saturated heterocycles. The molecule has 1 aromatic heterocycles. The maximum absolute atomic E-state index is 12.6. The molecule has 0 saturated carbocycles. The molecular weight excluding hydrogens is 354 g/mol. The summed E-state index contributed by atoms with van der Waals surface area (Å²) in [6.45, 7) is 6.60. The third-order valence-corrected chi connectivity index (χ3v) is 5.07. The molecule has 0 aliphatic rings. The fourth-order valence-electron chi connectivity index (χ4n) is 2.19. The number of aryl methyl sites for hydroxylation is 1. The van der Waals surface area contributed by atoms with E-state index < -0.39 is 0 Å². The Bertz CT molecular complexity index is 701. The van der Waals surface area contributed by atoms with Gasteiger partial charge in [-0.15, -0.1) is 23.1 Å². The summed E-state index contributed by atoms with van der Waals surface area (Å²) in [7, 11) is 0. The van der Waals surface area contributed by atoms with Gasteiger partial charge in [0.15, 0.2) is 5.13 Å². The van der Waals surface area contributed by atoms with Gasteiger partial charge in [-0.05, 0) is 25.0 Å². The third-order valence-electron chi connectivity index (χ3n) is 3.25. The number of carbonyl (C=O) groups excluding carboxylic acids is 2. The Morgan fingerprint density at radius 2 is 2.00 bits per heavy atom. The predicted molar refractivity (Wildman–Crippen MR) is 104 cm³/mol. The second-order valence-corrected chi connectivity index (χ2v) is 8.38. The van der Waals surface area contributed by atoms with Gasteiger partial charge in [0.05, 0.1) is 12.3 Å². The van der Waals surface area contributed by atoms with E-state index in [1.54, 1.807) is 11.1 Å². The van der Waals surface area contributed by atoms with E-state index in [0.29, 0.717) is 23.3 Å². The molecule has 0 spiro atoms. The first-order chi connectivity index (χ1) is 11.9. The number of hydrogen-bond donors (Lipinski definition) is 1. The molecule has 134 valence electrons. The minimum absolute atomic E-state index is 0.0342. The van der Waals surface area contributed by atoms with Crippen LogP contribution in [0.25, 0.3) is 0 Å². The maximum Gasteiger partial charge on any atom is 0.245 e. The van der Waals surface area contributed by atoms with Crippen molar-refractivity contribution in [3.8, 4) is 0 Å². The number of hydrogen-bond acceptors (Lipinski definition) is 5. The van der Waals surface area contributed by atoms with Crippen LogP contribution < -0.4 is 5.32 Å². The molecular formula is C18H23N3O2S2. The van der Waals surface area contributed by atoms with Crippen molar-refractivity contribution in [2.24, 2.45) is 5.92 Å². The van der Waals surface area contributed by atoms with Gasteiger partial charge in [-0.2, -0.15) is 0 Å². The van der Waals surface area contributed by atoms with Gasteiger partial charge in [0, 0.05) is 22.5 Å². The lowest BCUT2D eigenvalue weighted by atomic mass is 10.2. The Labute approximate surface area is 156 Å². The second-order valence-electron chi connectivity index (χ2n) is 6.09. The average Bonchev–Trinajstić information content (AvgIpc) is 2.97. The van der Waals surface area contributed by atoms with Gasteiger partial charge in [0.2, 0.25) is 11.8 Å². The van der Waals surface area contributed by atoms with Crippen LogP contribution in [0.3, 0.4) is 0 Å². The second kappa shape index (κ2) is 9.58. The summed E-state index contributed by atoms with van der Waals surface area (Å²) in [4.78, 5) is 32.6. The molecule has 5 nitrogen and oxygen atoms in total. The molecule has 0 unspecified atom stereocenters. The van der Waals surface area contributed by atoms with Gasteiger partial charge < -0.3 is 10.2 Å². The quantitative estimate of drug-likeness (QED) is 0.713. The average molecular weight is 378 g/mol. The van der Waals surface area contributed by atoms with Gasteiger partial charge in [0.1, 0.15) is 0 Å². The number of amides is 2. The summed E-state index contributed by atoms with van der Waals surface area (Å²) in [6, 6.07) is 9.79. The Kier molecular flexibility index (Phi) is 7.46. The maximum atomic E-state index is 12.6. The lowest BCUT2D eigenvalue weighted by Gasteiger charge is -2.23. The van der Waals surface area contributed by atoms with Crippen molar-refractivity contribution < 1.29 is 9.59 Å². The van der Waals surface area contributed by atoms with Crippen molar-refractivity contribution in [1.82, 2.24) is 9.88 Å². The highest BCUT2D eigenvalue weighted by Crippen LogP contribution is 2.18. The summed E-state index contributed by atoms with van der Waals surface area (Å²) >= 11 is 2.91. The number of benzene rings is 1. The van der Waals surface area contributed by atoms with Crippen LogP contribution in [-0.2, 0) is 9.59 Å². The number of nitrogens with one attached hydrogen (secondary N) is 1. The van der Waals surface area contributed by atoms with Gasteiger partial charge in [-0.3, -0.25) is 9.59 Å². The zero-order valence-corrected chi connectivity index (χ0v) is 16.3. The minimum Gasteiger partial charge on any atom is -0.332 e. The largest absolute Gasteiger partial charge is 0.332 e. The number of nitrogens with zero attached hydrogens (tertiary/aromatic N) is 2. The molecule has 0 fully saturated rings. The van der Waals surface area contributed by atoms with Crippen molar-refractivity contribution in [2.45, 2.75) is 25.7 Å². The van der Waals surface area contributed by atoms with Crippen LogP contribution in [0.2, 0.25) is 0 Å². The normalized spacial score (nSPS) is 10.7. The zero-order valence-electron chi connectivity index (χ0n) is 14.7. The van der Waals surface area contributed by atoms with Gasteiger partial charge in [-0.1, -0.05) is 32.0 Å². The summed E-state index contributed by atoms with van der Waals surface area (Å²) in [5.41, 5.74) is 0. The molecule has 0 aliphatic carbocycles. The van der Waals surface area contributed by atoms with Crippen LogP contribution in [0.4, 0.5) is 5.13 Å². The van der Waals surface area contributed by atoms with Crippen molar-refractivity contribution in [2.75, 3.05) is 24.2 Å². The Morgan fingerprint density at radius 1 is 1.28 bits per heavy atom. The third kappa shape index (κ3) is 6.88. The first kappa shape index (κ1) is 19.5. The number of aromatic nitrogens is 1. The Hall–Kier alpha value is -1.86. The highest BCUT2D eigenvalue weighted by Gasteiger charge is 2.19. The number of anilines is 1. The molecule has 0 bridgehead atoms. The first-order valence-electron chi connectivity index (χ1n) is 8.12. The molecule has 7 heteroatoms. The number of rotatable bonds is 8. The summed E-state index contributed by atoms with van der Waals surface area (Å²) in [5.74, 6) is 0.363. The highest BCUT2D eigenvalue weighted by molar-refractivity contribution is 8.00. The van der Waals surface area contributed by atoms with Gasteiger partial charge in [0.25, 0.3) is 0 Å². The topological polar surface area (TPSA) is 62.3 Å². The smallest absolute Gasteiger partial charge is 0.245 e. The zero-order chi connectivity index (χ0) is 18.2. The van der Waals surface area contributed by atoms with Crippen LogP contribution in [0.15, 0.2) is 41.4 Å². The fraction of sp³-hybridized carbons (Fsp3) is 0.389. The Balaban J connectivity index is 1.92. The van der Waals surface area contributed by atoms with E-state index in [9.17, 15) is 9.59 Å². The molecule has 0 radical (unpaired) electrons. The monoisotopic (exact) mass is 377 g/mol. The molecule has 2 amide bonds. The highest BCUT2D eigenvalue weighted by atomic mass is 32.2. The van der Waals surface area contributed by atoms with E-state index in [2.05, 4.69) is 10.3 Å². The van der Waals surface area contributed by atoms with Crippen LogP contribution in [0, 0.1) is 12.8 Å². The van der Waals surface area contributed by atoms with Crippen molar-refractivity contribution in [3.63, 3.8) is 0 Å². The minimum atomic E-state index is -0.215. The summed E-state index contributed by atoms with van der Waals surface area (Å²) in [6.07, 6.45) is 1.72. The Morgan fingerprint density at radius 3 is 2.60 bits per heavy atom. The van der Waals surface area contributed by atoms with Crippen molar-refractivity contribution in [3.05, 3.63) is 41.4 Å². The predicted octanol–water partition coefficient (Wildman–Crippen LogP) is 3.67. The van der Waals surface area contributed by atoms with E-state index >= 15 is 0 Å². The van der Waals surface area contributed by atoms with Crippen LogP contribution in [0.5, 0.6) is 0 Å². The number of thioether (sulfide) groups is 1. The van der Waals surface area contributed by atoms with Crippen LogP contribution >= 0.6 is 23.1 Å². The molecule has 2 aromatic rings. The first-order valence-corrected chi connectivity index (χ1v) is 9.92. The van der Waals surface area contributed by atoms with E-state index in [1.165, 1.54) is 23.1 Å². The fourth-order valence-corrected chi connectivity index (χ4v) is 3.70. The molecule has 0 aliphatic heterocycles. The van der Waals surface area contributed by atoms with E-state index in [-0.39, 0.29) is 18.4 Å².